The largest absolute Gasteiger partial charge is 0.385 e. The van der Waals surface area contributed by atoms with Gasteiger partial charge in [-0.2, -0.15) is 0 Å². The quantitative estimate of drug-likeness (QED) is 0.491. The molecule has 0 aliphatic heterocycles. The Hall–Kier alpha value is -0.660. The maximum Gasteiger partial charge on any atom is 0.209 e. The summed E-state index contributed by atoms with van der Waals surface area (Å²) < 4.78 is 6.89. The Morgan fingerprint density at radius 1 is 1.37 bits per heavy atom. The van der Waals surface area contributed by atoms with Crippen LogP contribution in [0.1, 0.15) is 26.7 Å². The maximum atomic E-state index is 5.02. The molecule has 0 saturated carbocycles. The van der Waals surface area contributed by atoms with Crippen molar-refractivity contribution in [3.8, 4) is 0 Å². The summed E-state index contributed by atoms with van der Waals surface area (Å²) in [5, 5.41) is 16.1. The number of hydrogen-bond donors (Lipinski definition) is 1. The van der Waals surface area contributed by atoms with Crippen LogP contribution in [0.2, 0.25) is 0 Å². The van der Waals surface area contributed by atoms with Crippen molar-refractivity contribution in [3.05, 3.63) is 0 Å². The van der Waals surface area contributed by atoms with Crippen molar-refractivity contribution >= 4 is 11.8 Å². The fourth-order valence-electron chi connectivity index (χ4n) is 1.53. The van der Waals surface area contributed by atoms with Crippen molar-refractivity contribution in [3.63, 3.8) is 0 Å². The lowest BCUT2D eigenvalue weighted by atomic mass is 10.2. The molecule has 0 fully saturated rings. The molecule has 1 N–H and O–H groups in total. The second-order valence-corrected chi connectivity index (χ2v) is 5.89. The van der Waals surface area contributed by atoms with Gasteiger partial charge in [-0.1, -0.05) is 25.6 Å². The van der Waals surface area contributed by atoms with Gasteiger partial charge < -0.3 is 10.1 Å². The number of ether oxygens (including phenoxy) is 1. The monoisotopic (exact) mass is 287 g/mol. The molecular formula is C12H25N5OS. The normalized spacial score (nSPS) is 11.4. The van der Waals surface area contributed by atoms with E-state index in [-0.39, 0.29) is 0 Å². The topological polar surface area (TPSA) is 64.9 Å². The average molecular weight is 287 g/mol. The SMILES string of the molecule is COCCCCSc1nnnn1CCNCC(C)C. The van der Waals surface area contributed by atoms with E-state index in [1.807, 2.05) is 4.68 Å². The molecule has 0 unspecified atom stereocenters. The van der Waals surface area contributed by atoms with Gasteiger partial charge in [0.25, 0.3) is 0 Å². The van der Waals surface area contributed by atoms with Crippen LogP contribution >= 0.6 is 11.8 Å². The number of methoxy groups -OCH3 is 1. The summed E-state index contributed by atoms with van der Waals surface area (Å²) in [4.78, 5) is 0. The molecule has 0 atom stereocenters. The van der Waals surface area contributed by atoms with Gasteiger partial charge in [0, 0.05) is 26.0 Å². The van der Waals surface area contributed by atoms with Gasteiger partial charge in [0.15, 0.2) is 0 Å². The number of tetrazole rings is 1. The highest BCUT2D eigenvalue weighted by Crippen LogP contribution is 2.15. The minimum absolute atomic E-state index is 0.670. The Labute approximate surface area is 119 Å². The molecule has 1 heterocycles. The Kier molecular flexibility index (Phi) is 8.77. The lowest BCUT2D eigenvalue weighted by Crippen LogP contribution is -2.24. The number of nitrogens with one attached hydrogen (secondary N) is 1. The van der Waals surface area contributed by atoms with Crippen LogP contribution in [-0.4, -0.2) is 52.8 Å². The second-order valence-electron chi connectivity index (χ2n) is 4.83. The number of unbranched alkanes of at least 4 members (excludes halogenated alkanes) is 1. The van der Waals surface area contributed by atoms with E-state index in [1.54, 1.807) is 18.9 Å². The molecule has 0 aliphatic carbocycles. The van der Waals surface area contributed by atoms with Crippen LogP contribution in [0.25, 0.3) is 0 Å². The van der Waals surface area contributed by atoms with Crippen LogP contribution in [0.4, 0.5) is 0 Å². The fraction of sp³-hybridized carbons (Fsp3) is 0.917. The molecule has 1 aromatic rings. The molecule has 6 nitrogen and oxygen atoms in total. The van der Waals surface area contributed by atoms with E-state index in [0.29, 0.717) is 5.92 Å². The van der Waals surface area contributed by atoms with E-state index in [2.05, 4.69) is 34.7 Å². The first-order chi connectivity index (χ1) is 9.24. The molecule has 19 heavy (non-hydrogen) atoms. The smallest absolute Gasteiger partial charge is 0.209 e. The molecule has 1 rings (SSSR count). The summed E-state index contributed by atoms with van der Waals surface area (Å²) in [6.07, 6.45) is 2.21. The first-order valence-corrected chi connectivity index (χ1v) is 7.81. The second kappa shape index (κ2) is 10.2. The molecule has 0 spiro atoms. The first kappa shape index (κ1) is 16.4. The van der Waals surface area contributed by atoms with Gasteiger partial charge >= 0.3 is 0 Å². The Bertz CT molecular complexity index is 332. The molecule has 0 amide bonds. The number of rotatable bonds is 11. The van der Waals surface area contributed by atoms with Gasteiger partial charge in [0.2, 0.25) is 5.16 Å². The number of aromatic nitrogens is 4. The highest BCUT2D eigenvalue weighted by molar-refractivity contribution is 7.99. The predicted octanol–water partition coefficient (Wildman–Crippen LogP) is 1.44. The van der Waals surface area contributed by atoms with Crippen LogP contribution in [0.3, 0.4) is 0 Å². The van der Waals surface area contributed by atoms with Gasteiger partial charge in [0.05, 0.1) is 6.54 Å². The predicted molar refractivity (Wildman–Crippen MR) is 77.4 cm³/mol. The van der Waals surface area contributed by atoms with Gasteiger partial charge in [-0.3, -0.25) is 0 Å². The minimum atomic E-state index is 0.670. The molecule has 7 heteroatoms. The van der Waals surface area contributed by atoms with E-state index >= 15 is 0 Å². The lowest BCUT2D eigenvalue weighted by Gasteiger charge is -2.08. The third-order valence-corrected chi connectivity index (χ3v) is 3.57. The van der Waals surface area contributed by atoms with Crippen molar-refractivity contribution in [1.82, 2.24) is 25.5 Å². The molecule has 1 aromatic heterocycles. The Balaban J connectivity index is 2.18. The summed E-state index contributed by atoms with van der Waals surface area (Å²) in [6.45, 7) is 7.98. The van der Waals surface area contributed by atoms with Crippen molar-refractivity contribution in [2.45, 2.75) is 38.4 Å². The van der Waals surface area contributed by atoms with Crippen LogP contribution in [0.5, 0.6) is 0 Å². The van der Waals surface area contributed by atoms with E-state index in [9.17, 15) is 0 Å². The maximum absolute atomic E-state index is 5.02. The zero-order valence-electron chi connectivity index (χ0n) is 12.1. The van der Waals surface area contributed by atoms with Crippen LogP contribution < -0.4 is 5.32 Å². The summed E-state index contributed by atoms with van der Waals surface area (Å²) in [5.41, 5.74) is 0. The molecule has 0 aromatic carbocycles. The summed E-state index contributed by atoms with van der Waals surface area (Å²) in [7, 11) is 1.73. The van der Waals surface area contributed by atoms with Crippen LogP contribution in [-0.2, 0) is 11.3 Å². The minimum Gasteiger partial charge on any atom is -0.385 e. The van der Waals surface area contributed by atoms with Crippen LogP contribution in [0.15, 0.2) is 5.16 Å². The highest BCUT2D eigenvalue weighted by Gasteiger charge is 2.06. The lowest BCUT2D eigenvalue weighted by molar-refractivity contribution is 0.194. The van der Waals surface area contributed by atoms with Crippen molar-refractivity contribution < 1.29 is 4.74 Å². The summed E-state index contributed by atoms with van der Waals surface area (Å²) in [6, 6.07) is 0. The number of nitrogens with zero attached hydrogens (tertiary/aromatic N) is 4. The number of hydrogen-bond acceptors (Lipinski definition) is 6. The van der Waals surface area contributed by atoms with Crippen molar-refractivity contribution in [2.75, 3.05) is 32.6 Å². The summed E-state index contributed by atoms with van der Waals surface area (Å²) in [5.74, 6) is 1.70. The van der Waals surface area contributed by atoms with Crippen LogP contribution in [0, 0.1) is 5.92 Å². The van der Waals surface area contributed by atoms with Crippen molar-refractivity contribution in [2.24, 2.45) is 5.92 Å². The van der Waals surface area contributed by atoms with E-state index in [1.165, 1.54) is 0 Å². The van der Waals surface area contributed by atoms with Crippen molar-refractivity contribution in [1.29, 1.82) is 0 Å². The Morgan fingerprint density at radius 2 is 2.21 bits per heavy atom. The van der Waals surface area contributed by atoms with Gasteiger partial charge in [-0.15, -0.1) is 5.10 Å². The third-order valence-electron chi connectivity index (χ3n) is 2.53. The van der Waals surface area contributed by atoms with Gasteiger partial charge in [0.1, 0.15) is 0 Å². The van der Waals surface area contributed by atoms with E-state index < -0.39 is 0 Å². The summed E-state index contributed by atoms with van der Waals surface area (Å²) >= 11 is 1.71. The standard InChI is InChI=1S/C12H25N5OS/c1-11(2)10-13-6-7-17-12(14-15-16-17)19-9-5-4-8-18-3/h11,13H,4-10H2,1-3H3. The van der Waals surface area contributed by atoms with E-state index in [0.717, 1.165) is 50.0 Å². The van der Waals surface area contributed by atoms with Gasteiger partial charge in [-0.25, -0.2) is 4.68 Å². The molecular weight excluding hydrogens is 262 g/mol. The highest BCUT2D eigenvalue weighted by atomic mass is 32.2. The third kappa shape index (κ3) is 7.49. The van der Waals surface area contributed by atoms with E-state index in [4.69, 9.17) is 4.74 Å². The molecule has 0 bridgehead atoms. The average Bonchev–Trinajstić information content (AvgIpc) is 2.82. The molecule has 110 valence electrons. The Morgan fingerprint density at radius 3 is 2.95 bits per heavy atom. The van der Waals surface area contributed by atoms with Gasteiger partial charge in [-0.05, 0) is 35.7 Å². The first-order valence-electron chi connectivity index (χ1n) is 6.82. The molecule has 0 aliphatic rings. The molecule has 0 radical (unpaired) electrons. The zero-order chi connectivity index (χ0) is 13.9. The zero-order valence-corrected chi connectivity index (χ0v) is 12.9. The fourth-order valence-corrected chi connectivity index (χ4v) is 2.43. The molecule has 0 saturated heterocycles. The number of thioether (sulfide) groups is 1.